The fraction of sp³-hybridized carbons (Fsp3) is 0. The van der Waals surface area contributed by atoms with Crippen LogP contribution in [0.3, 0.4) is 0 Å². The second-order valence-corrected chi connectivity index (χ2v) is 4.81. The van der Waals surface area contributed by atoms with Crippen LogP contribution in [0.25, 0.3) is 0 Å². The van der Waals surface area contributed by atoms with Gasteiger partial charge in [0.05, 0.1) is 5.69 Å². The minimum Gasteiger partial charge on any atom is -0.305 e. The van der Waals surface area contributed by atoms with E-state index in [1.54, 1.807) is 18.3 Å². The monoisotopic (exact) mass is 375 g/mol. The molecule has 0 aliphatic rings. The number of hydrogen-bond donors (Lipinski definition) is 2. The van der Waals surface area contributed by atoms with Crippen molar-refractivity contribution in [3.63, 3.8) is 0 Å². The van der Waals surface area contributed by atoms with E-state index in [4.69, 9.17) is 0 Å². The van der Waals surface area contributed by atoms with Gasteiger partial charge >= 0.3 is 6.03 Å². The second-order valence-electron chi connectivity index (χ2n) is 3.56. The van der Waals surface area contributed by atoms with Gasteiger partial charge in [0.1, 0.15) is 17.5 Å². The summed E-state index contributed by atoms with van der Waals surface area (Å²) in [5.41, 5.74) is -0.107. The highest BCUT2D eigenvalue weighted by Gasteiger charge is 2.08. The van der Waals surface area contributed by atoms with Crippen molar-refractivity contribution >= 4 is 40.1 Å². The topological polar surface area (TPSA) is 54.0 Å². The highest BCUT2D eigenvalue weighted by atomic mass is 127. The lowest BCUT2D eigenvalue weighted by atomic mass is 10.3. The number of aromatic nitrogens is 1. The lowest BCUT2D eigenvalue weighted by molar-refractivity contribution is 0.262. The molecular weight excluding hydrogens is 367 g/mol. The number of benzene rings is 1. The summed E-state index contributed by atoms with van der Waals surface area (Å²) < 4.78 is 26.9. The van der Waals surface area contributed by atoms with Crippen LogP contribution < -0.4 is 10.6 Å². The molecule has 2 N–H and O–H groups in total. The molecule has 0 saturated heterocycles. The summed E-state index contributed by atoms with van der Waals surface area (Å²) in [7, 11) is 0. The molecule has 19 heavy (non-hydrogen) atoms. The van der Waals surface area contributed by atoms with Crippen molar-refractivity contribution in [1.29, 1.82) is 0 Å². The first-order valence-electron chi connectivity index (χ1n) is 5.19. The zero-order chi connectivity index (χ0) is 13.8. The van der Waals surface area contributed by atoms with Crippen molar-refractivity contribution in [3.05, 3.63) is 51.7 Å². The number of carbonyl (C=O) groups excluding carboxylic acids is 1. The first-order chi connectivity index (χ1) is 9.04. The van der Waals surface area contributed by atoms with Gasteiger partial charge in [0.15, 0.2) is 0 Å². The number of nitrogens with zero attached hydrogens (tertiary/aromatic N) is 1. The minimum absolute atomic E-state index is 0.107. The molecule has 98 valence electrons. The molecule has 0 atom stereocenters. The Morgan fingerprint density at radius 3 is 2.58 bits per heavy atom. The van der Waals surface area contributed by atoms with Crippen LogP contribution in [-0.4, -0.2) is 11.0 Å². The average molecular weight is 375 g/mol. The van der Waals surface area contributed by atoms with Crippen molar-refractivity contribution in [2.45, 2.75) is 0 Å². The Kier molecular flexibility index (Phi) is 4.25. The van der Waals surface area contributed by atoms with Crippen molar-refractivity contribution in [3.8, 4) is 0 Å². The van der Waals surface area contributed by atoms with Crippen LogP contribution in [0.1, 0.15) is 0 Å². The number of hydrogen-bond acceptors (Lipinski definition) is 2. The smallest absolute Gasteiger partial charge is 0.305 e. The Labute approximate surface area is 121 Å². The molecule has 0 aliphatic heterocycles. The van der Waals surface area contributed by atoms with Gasteiger partial charge in [0.2, 0.25) is 0 Å². The van der Waals surface area contributed by atoms with Crippen LogP contribution >= 0.6 is 22.6 Å². The van der Waals surface area contributed by atoms with Crippen molar-refractivity contribution in [1.82, 2.24) is 4.98 Å². The maximum absolute atomic E-state index is 13.3. The molecule has 1 aromatic carbocycles. The van der Waals surface area contributed by atoms with E-state index in [2.05, 4.69) is 38.2 Å². The molecular formula is C12H8F2IN3O. The third-order valence-corrected chi connectivity index (χ3v) is 2.79. The summed E-state index contributed by atoms with van der Waals surface area (Å²) in [4.78, 5) is 15.5. The second kappa shape index (κ2) is 5.91. The number of nitrogens with one attached hydrogen (secondary N) is 2. The highest BCUT2D eigenvalue weighted by molar-refractivity contribution is 14.1. The van der Waals surface area contributed by atoms with Gasteiger partial charge in [-0.1, -0.05) is 0 Å². The summed E-state index contributed by atoms with van der Waals surface area (Å²) in [6.07, 6.45) is 1.58. The van der Waals surface area contributed by atoms with E-state index in [9.17, 15) is 13.6 Å². The van der Waals surface area contributed by atoms with E-state index in [0.29, 0.717) is 11.9 Å². The quantitative estimate of drug-likeness (QED) is 0.789. The zero-order valence-corrected chi connectivity index (χ0v) is 11.6. The first kappa shape index (κ1) is 13.7. The SMILES string of the molecule is O=C(Nc1ccc(I)cn1)Nc1ccc(F)cc1F. The van der Waals surface area contributed by atoms with Gasteiger partial charge in [-0.2, -0.15) is 0 Å². The molecule has 0 aliphatic carbocycles. The number of carbonyl (C=O) groups is 1. The van der Waals surface area contributed by atoms with E-state index < -0.39 is 17.7 Å². The average Bonchev–Trinajstić information content (AvgIpc) is 2.36. The van der Waals surface area contributed by atoms with Crippen LogP contribution in [0.2, 0.25) is 0 Å². The normalized spacial score (nSPS) is 10.1. The minimum atomic E-state index is -0.842. The van der Waals surface area contributed by atoms with E-state index in [1.807, 2.05) is 0 Å². The molecule has 1 heterocycles. The molecule has 0 saturated carbocycles. The van der Waals surface area contributed by atoms with Crippen molar-refractivity contribution in [2.75, 3.05) is 10.6 Å². The van der Waals surface area contributed by atoms with E-state index in [-0.39, 0.29) is 5.69 Å². The lowest BCUT2D eigenvalue weighted by Gasteiger charge is -2.07. The van der Waals surface area contributed by atoms with Gasteiger partial charge in [-0.05, 0) is 46.9 Å². The van der Waals surface area contributed by atoms with Crippen molar-refractivity contribution < 1.29 is 13.6 Å². The summed E-state index contributed by atoms with van der Waals surface area (Å²) >= 11 is 2.08. The van der Waals surface area contributed by atoms with Gasteiger partial charge < -0.3 is 5.32 Å². The molecule has 0 spiro atoms. The maximum Gasteiger partial charge on any atom is 0.324 e. The predicted octanol–water partition coefficient (Wildman–Crippen LogP) is 3.61. The van der Waals surface area contributed by atoms with Gasteiger partial charge in [0, 0.05) is 15.8 Å². The van der Waals surface area contributed by atoms with Crippen molar-refractivity contribution in [2.24, 2.45) is 0 Å². The molecule has 2 rings (SSSR count). The molecule has 0 fully saturated rings. The van der Waals surface area contributed by atoms with Gasteiger partial charge in [-0.25, -0.2) is 18.6 Å². The van der Waals surface area contributed by atoms with E-state index >= 15 is 0 Å². The molecule has 0 bridgehead atoms. The lowest BCUT2D eigenvalue weighted by Crippen LogP contribution is -2.20. The number of urea groups is 1. The molecule has 7 heteroatoms. The van der Waals surface area contributed by atoms with Crippen LogP contribution in [-0.2, 0) is 0 Å². The molecule has 1 aromatic heterocycles. The summed E-state index contributed by atoms with van der Waals surface area (Å²) in [5.74, 6) is -1.21. The number of halogens is 3. The third-order valence-electron chi connectivity index (χ3n) is 2.15. The Morgan fingerprint density at radius 2 is 1.95 bits per heavy atom. The van der Waals surface area contributed by atoms with E-state index in [0.717, 1.165) is 15.7 Å². The third kappa shape index (κ3) is 3.85. The fourth-order valence-electron chi connectivity index (χ4n) is 1.31. The Morgan fingerprint density at radius 1 is 1.16 bits per heavy atom. The standard InChI is InChI=1S/C12H8F2IN3O/c13-7-1-3-10(9(14)5-7)17-12(19)18-11-4-2-8(15)6-16-11/h1-6H,(H2,16,17,18,19). The van der Waals surface area contributed by atoms with Crippen LogP contribution in [0, 0.1) is 15.2 Å². The highest BCUT2D eigenvalue weighted by Crippen LogP contribution is 2.15. The fourth-order valence-corrected chi connectivity index (χ4v) is 1.63. The number of amides is 2. The number of anilines is 2. The van der Waals surface area contributed by atoms with Crippen LogP contribution in [0.15, 0.2) is 36.5 Å². The van der Waals surface area contributed by atoms with Gasteiger partial charge in [-0.3, -0.25) is 5.32 Å². The van der Waals surface area contributed by atoms with Gasteiger partial charge in [-0.15, -0.1) is 0 Å². The van der Waals surface area contributed by atoms with Crippen LogP contribution in [0.5, 0.6) is 0 Å². The summed E-state index contributed by atoms with van der Waals surface area (Å²) in [6.45, 7) is 0. The maximum atomic E-state index is 13.3. The molecule has 0 unspecified atom stereocenters. The molecule has 4 nitrogen and oxygen atoms in total. The largest absolute Gasteiger partial charge is 0.324 e. The first-order valence-corrected chi connectivity index (χ1v) is 6.27. The Hall–Kier alpha value is -1.77. The molecule has 2 amide bonds. The van der Waals surface area contributed by atoms with Crippen LogP contribution in [0.4, 0.5) is 25.1 Å². The predicted molar refractivity (Wildman–Crippen MR) is 76.0 cm³/mol. The summed E-state index contributed by atoms with van der Waals surface area (Å²) in [5, 5.41) is 4.70. The zero-order valence-electron chi connectivity index (χ0n) is 9.45. The van der Waals surface area contributed by atoms with E-state index in [1.165, 1.54) is 0 Å². The Balaban J connectivity index is 2.03. The van der Waals surface area contributed by atoms with Gasteiger partial charge in [0.25, 0.3) is 0 Å². The molecule has 2 aromatic rings. The number of rotatable bonds is 2. The Bertz CT molecular complexity index is 604. The summed E-state index contributed by atoms with van der Waals surface area (Å²) in [6, 6.07) is 5.62. The molecule has 0 radical (unpaired) electrons. The number of pyridine rings is 1.